The van der Waals surface area contributed by atoms with E-state index in [-0.39, 0.29) is 18.8 Å². The van der Waals surface area contributed by atoms with Crippen molar-refractivity contribution in [3.8, 4) is 18.2 Å². The van der Waals surface area contributed by atoms with Crippen molar-refractivity contribution in [2.24, 2.45) is 0 Å². The van der Waals surface area contributed by atoms with Gasteiger partial charge in [0, 0.05) is 12.6 Å². The Morgan fingerprint density at radius 1 is 1.43 bits per heavy atom. The van der Waals surface area contributed by atoms with E-state index in [1.807, 2.05) is 0 Å². The highest BCUT2D eigenvalue weighted by atomic mass is 19.4. The van der Waals surface area contributed by atoms with Gasteiger partial charge in [-0.2, -0.15) is 13.2 Å². The minimum Gasteiger partial charge on any atom is -0.480 e. The Morgan fingerprint density at radius 3 is 2.61 bits per heavy atom. The summed E-state index contributed by atoms with van der Waals surface area (Å²) in [5.41, 5.74) is 2.29. The summed E-state index contributed by atoms with van der Waals surface area (Å²) < 4.78 is 41.7. The number of nitrogens with zero attached hydrogens (tertiary/aromatic N) is 3. The molecule has 0 aromatic carbocycles. The zero-order chi connectivity index (χ0) is 17.3. The Hall–Kier alpha value is -3.03. The summed E-state index contributed by atoms with van der Waals surface area (Å²) in [5, 5.41) is 3.43. The average molecular weight is 331 g/mol. The molecule has 11 heteroatoms. The maximum atomic E-state index is 12.3. The van der Waals surface area contributed by atoms with Crippen LogP contribution in [0.4, 0.5) is 13.2 Å². The molecule has 0 aliphatic rings. The number of amides is 2. The minimum atomic E-state index is -4.65. The Labute approximate surface area is 129 Å². The highest BCUT2D eigenvalue weighted by Crippen LogP contribution is 2.26. The molecular weight excluding hydrogens is 319 g/mol. The van der Waals surface area contributed by atoms with E-state index in [9.17, 15) is 22.8 Å². The van der Waals surface area contributed by atoms with Crippen LogP contribution in [0.25, 0.3) is 0 Å². The molecule has 1 aromatic heterocycles. The molecule has 0 fully saturated rings. The summed E-state index contributed by atoms with van der Waals surface area (Å²) >= 11 is 0. The predicted molar refractivity (Wildman–Crippen MR) is 70.3 cm³/mol. The second-order valence-electron chi connectivity index (χ2n) is 3.92. The number of hydrogen-bond acceptors (Lipinski definition) is 6. The number of carbonyl (C=O) groups is 2. The molecule has 2 amide bonds. The molecule has 0 saturated carbocycles. The van der Waals surface area contributed by atoms with Gasteiger partial charge in [-0.25, -0.2) is 15.0 Å². The van der Waals surface area contributed by atoms with Crippen molar-refractivity contribution >= 4 is 12.3 Å². The van der Waals surface area contributed by atoms with Gasteiger partial charge in [-0.1, -0.05) is 6.42 Å². The number of halogens is 3. The van der Waals surface area contributed by atoms with Crippen LogP contribution < -0.4 is 15.5 Å². The molecule has 2 N–H and O–H groups in total. The number of terminal acetylenes is 1. The second kappa shape index (κ2) is 8.42. The fourth-order valence-electron chi connectivity index (χ4n) is 1.26. The third-order valence-electron chi connectivity index (χ3n) is 2.23. The van der Waals surface area contributed by atoms with Crippen molar-refractivity contribution in [3.63, 3.8) is 0 Å². The van der Waals surface area contributed by atoms with Gasteiger partial charge in [-0.05, 0) is 0 Å². The summed E-state index contributed by atoms with van der Waals surface area (Å²) in [6.07, 6.45) is 2.57. The third kappa shape index (κ3) is 6.51. The first kappa shape index (κ1) is 18.0. The smallest absolute Gasteiger partial charge is 0.451 e. The van der Waals surface area contributed by atoms with Crippen molar-refractivity contribution in [1.29, 1.82) is 0 Å². The average Bonchev–Trinajstić information content (AvgIpc) is 2.51. The fraction of sp³-hybridized carbons (Fsp3) is 0.333. The largest absolute Gasteiger partial charge is 0.480 e. The van der Waals surface area contributed by atoms with Crippen molar-refractivity contribution in [2.45, 2.75) is 6.18 Å². The number of ether oxygens (including phenoxy) is 1. The van der Waals surface area contributed by atoms with Crippen LogP contribution in [0.5, 0.6) is 5.75 Å². The number of hydrazine groups is 1. The molecule has 0 spiro atoms. The first-order chi connectivity index (χ1) is 10.9. The number of aromatic nitrogens is 2. The highest BCUT2D eigenvalue weighted by Gasteiger charge is 2.34. The monoisotopic (exact) mass is 331 g/mol. The van der Waals surface area contributed by atoms with Crippen LogP contribution >= 0.6 is 0 Å². The lowest BCUT2D eigenvalue weighted by atomic mass is 10.5. The van der Waals surface area contributed by atoms with E-state index in [1.54, 1.807) is 0 Å². The first-order valence-electron chi connectivity index (χ1n) is 6.09. The van der Waals surface area contributed by atoms with Crippen LogP contribution in [-0.4, -0.2) is 47.0 Å². The van der Waals surface area contributed by atoms with E-state index in [0.29, 0.717) is 6.41 Å². The van der Waals surface area contributed by atoms with E-state index in [4.69, 9.17) is 11.2 Å². The molecule has 124 valence electrons. The number of carbonyl (C=O) groups excluding carboxylic acids is 2. The molecule has 0 aliphatic heterocycles. The quantitative estimate of drug-likeness (QED) is 0.220. The maximum Gasteiger partial charge on any atom is 0.451 e. The molecular formula is C12H12F3N5O3. The van der Waals surface area contributed by atoms with Crippen LogP contribution in [0.3, 0.4) is 0 Å². The maximum absolute atomic E-state index is 12.3. The van der Waals surface area contributed by atoms with Crippen LogP contribution in [0.1, 0.15) is 5.82 Å². The molecule has 0 bridgehead atoms. The molecule has 8 nitrogen and oxygen atoms in total. The van der Waals surface area contributed by atoms with Gasteiger partial charge in [0.05, 0.1) is 18.9 Å². The van der Waals surface area contributed by atoms with E-state index in [1.165, 1.54) is 0 Å². The van der Waals surface area contributed by atoms with E-state index in [0.717, 1.165) is 17.4 Å². The zero-order valence-electron chi connectivity index (χ0n) is 11.6. The second-order valence-corrected chi connectivity index (χ2v) is 3.92. The molecule has 0 atom stereocenters. The summed E-state index contributed by atoms with van der Waals surface area (Å²) in [6.45, 7) is -0.139. The minimum absolute atomic E-state index is 0.108. The number of nitrogens with one attached hydrogen (secondary N) is 2. The Morgan fingerprint density at radius 2 is 2.09 bits per heavy atom. The number of rotatable bonds is 8. The standard InChI is InChI=1S/C12H12F3N5O3/c1-2-20(4-3-16-8-21)19-10(22)7-23-9-5-17-11(18-6-9)12(13,14)15/h1,5-6,8H,3-4,7H2,(H,16,21)(H,19,22). The van der Waals surface area contributed by atoms with Gasteiger partial charge in [0.25, 0.3) is 5.91 Å². The van der Waals surface area contributed by atoms with Crippen LogP contribution in [0, 0.1) is 12.5 Å². The van der Waals surface area contributed by atoms with Gasteiger partial charge in [0.2, 0.25) is 12.2 Å². The normalized spacial score (nSPS) is 10.3. The first-order valence-corrected chi connectivity index (χ1v) is 6.09. The predicted octanol–water partition coefficient (Wildman–Crippen LogP) is -0.456. The summed E-state index contributed by atoms with van der Waals surface area (Å²) in [7, 11) is 0. The lowest BCUT2D eigenvalue weighted by Gasteiger charge is -2.18. The van der Waals surface area contributed by atoms with Crippen molar-refractivity contribution in [3.05, 3.63) is 18.2 Å². The lowest BCUT2D eigenvalue weighted by Crippen LogP contribution is -2.44. The van der Waals surface area contributed by atoms with Crippen molar-refractivity contribution in [1.82, 2.24) is 25.7 Å². The zero-order valence-corrected chi connectivity index (χ0v) is 11.6. The Balaban J connectivity index is 2.43. The highest BCUT2D eigenvalue weighted by molar-refractivity contribution is 5.77. The van der Waals surface area contributed by atoms with E-state index in [2.05, 4.69) is 26.8 Å². The van der Waals surface area contributed by atoms with Crippen LogP contribution in [-0.2, 0) is 15.8 Å². The van der Waals surface area contributed by atoms with Gasteiger partial charge in [0.15, 0.2) is 12.4 Å². The van der Waals surface area contributed by atoms with Gasteiger partial charge in [-0.15, -0.1) is 0 Å². The number of alkyl halides is 3. The summed E-state index contributed by atoms with van der Waals surface area (Å²) in [6, 6.07) is 2.15. The van der Waals surface area contributed by atoms with Gasteiger partial charge < -0.3 is 10.1 Å². The molecule has 1 rings (SSSR count). The summed E-state index contributed by atoms with van der Waals surface area (Å²) in [4.78, 5) is 27.8. The Kier molecular flexibility index (Phi) is 6.60. The molecule has 0 saturated heterocycles. The topological polar surface area (TPSA) is 96.5 Å². The Bertz CT molecular complexity index is 571. The lowest BCUT2D eigenvalue weighted by molar-refractivity contribution is -0.145. The fourth-order valence-corrected chi connectivity index (χ4v) is 1.26. The molecule has 23 heavy (non-hydrogen) atoms. The third-order valence-corrected chi connectivity index (χ3v) is 2.23. The molecule has 0 aliphatic carbocycles. The van der Waals surface area contributed by atoms with Crippen molar-refractivity contribution < 1.29 is 27.5 Å². The van der Waals surface area contributed by atoms with E-state index < -0.39 is 24.5 Å². The molecule has 0 radical (unpaired) electrons. The van der Waals surface area contributed by atoms with E-state index >= 15 is 0 Å². The van der Waals surface area contributed by atoms with Crippen LogP contribution in [0.15, 0.2) is 12.4 Å². The number of hydrogen-bond donors (Lipinski definition) is 2. The van der Waals surface area contributed by atoms with Gasteiger partial charge in [-0.3, -0.25) is 15.0 Å². The van der Waals surface area contributed by atoms with Crippen molar-refractivity contribution in [2.75, 3.05) is 19.7 Å². The molecule has 1 heterocycles. The van der Waals surface area contributed by atoms with Gasteiger partial charge >= 0.3 is 6.18 Å². The SMILES string of the molecule is C#CN(CCNC=O)NC(=O)COc1cnc(C(F)(F)F)nc1. The van der Waals surface area contributed by atoms with Gasteiger partial charge in [0.1, 0.15) is 0 Å². The summed E-state index contributed by atoms with van der Waals surface area (Å²) in [5.74, 6) is -2.06. The van der Waals surface area contributed by atoms with Crippen LogP contribution in [0.2, 0.25) is 0 Å². The molecule has 0 unspecified atom stereocenters. The molecule has 1 aromatic rings.